The predicted octanol–water partition coefficient (Wildman–Crippen LogP) is -0.0728. The van der Waals surface area contributed by atoms with E-state index < -0.39 is 11.8 Å². The van der Waals surface area contributed by atoms with Crippen LogP contribution in [0.1, 0.15) is 6.42 Å². The average molecular weight is 766 g/mol. The molecule has 0 aromatic rings. The SMILES string of the molecule is [N-]=[N+]=NCCOCCOCCOCCOCCOCCOCCOCCOCCOCCOCCOCCOCCNC(=O)CCN1C(=O)C=CC1=O. The number of amides is 3. The van der Waals surface area contributed by atoms with Crippen LogP contribution in [0.3, 0.4) is 0 Å². The van der Waals surface area contributed by atoms with Crippen LogP contribution in [0.5, 0.6) is 0 Å². The van der Waals surface area contributed by atoms with Crippen LogP contribution >= 0.6 is 0 Å². The summed E-state index contributed by atoms with van der Waals surface area (Å²) in [6, 6.07) is 0. The van der Waals surface area contributed by atoms with Gasteiger partial charge in [0.05, 0.1) is 159 Å². The standard InChI is InChI=1S/C33H59N5O15/c34-37-36-5-8-43-10-12-45-14-16-47-18-20-49-22-24-51-26-28-53-30-29-52-27-25-50-23-21-48-19-17-46-15-13-44-11-9-42-7-4-35-31(39)3-6-38-32(40)1-2-33(38)41/h1-2H,3-30H2,(H,35,39). The van der Waals surface area contributed by atoms with E-state index in [1.807, 2.05) is 0 Å². The fourth-order valence-electron chi connectivity index (χ4n) is 3.89. The first-order valence-corrected chi connectivity index (χ1v) is 17.9. The second-order valence-electron chi connectivity index (χ2n) is 10.6. The fraction of sp³-hybridized carbons (Fsp3) is 0.848. The minimum absolute atomic E-state index is 0.0489. The summed E-state index contributed by atoms with van der Waals surface area (Å²) in [5.41, 5.74) is 8.14. The Morgan fingerprint density at radius 2 is 0.792 bits per heavy atom. The van der Waals surface area contributed by atoms with Crippen molar-refractivity contribution in [3.05, 3.63) is 22.6 Å². The maximum absolute atomic E-state index is 11.8. The number of hydrogen-bond donors (Lipinski definition) is 1. The molecular formula is C33H59N5O15. The zero-order chi connectivity index (χ0) is 38.1. The quantitative estimate of drug-likeness (QED) is 0.0282. The zero-order valence-electron chi connectivity index (χ0n) is 30.9. The molecule has 0 saturated carbocycles. The number of carbonyl (C=O) groups excluding carboxylic acids is 3. The molecule has 20 nitrogen and oxygen atoms in total. The lowest BCUT2D eigenvalue weighted by molar-refractivity contribution is -0.137. The summed E-state index contributed by atoms with van der Waals surface area (Å²) in [7, 11) is 0. The molecule has 53 heavy (non-hydrogen) atoms. The van der Waals surface area contributed by atoms with Gasteiger partial charge in [0.15, 0.2) is 0 Å². The van der Waals surface area contributed by atoms with Gasteiger partial charge < -0.3 is 62.2 Å². The summed E-state index contributed by atoms with van der Waals surface area (Å²) in [4.78, 5) is 38.4. The Morgan fingerprint density at radius 3 is 1.09 bits per heavy atom. The van der Waals surface area contributed by atoms with Crippen molar-refractivity contribution in [1.82, 2.24) is 10.2 Å². The van der Waals surface area contributed by atoms with Crippen LogP contribution in [0, 0.1) is 0 Å². The highest BCUT2D eigenvalue weighted by atomic mass is 16.6. The van der Waals surface area contributed by atoms with E-state index in [2.05, 4.69) is 15.3 Å². The van der Waals surface area contributed by atoms with E-state index in [0.717, 1.165) is 4.90 Å². The molecule has 1 rings (SSSR count). The van der Waals surface area contributed by atoms with E-state index >= 15 is 0 Å². The molecule has 0 aromatic carbocycles. The van der Waals surface area contributed by atoms with Crippen molar-refractivity contribution < 1.29 is 71.2 Å². The van der Waals surface area contributed by atoms with E-state index in [1.165, 1.54) is 12.2 Å². The van der Waals surface area contributed by atoms with Crippen LogP contribution in [0.15, 0.2) is 17.3 Å². The van der Waals surface area contributed by atoms with Gasteiger partial charge in [-0.2, -0.15) is 0 Å². The maximum atomic E-state index is 11.8. The average Bonchev–Trinajstić information content (AvgIpc) is 3.48. The minimum Gasteiger partial charge on any atom is -0.379 e. The molecule has 3 amide bonds. The van der Waals surface area contributed by atoms with Crippen molar-refractivity contribution in [2.24, 2.45) is 5.11 Å². The van der Waals surface area contributed by atoms with Gasteiger partial charge in [0.1, 0.15) is 0 Å². The molecule has 0 radical (unpaired) electrons. The van der Waals surface area contributed by atoms with Crippen molar-refractivity contribution in [1.29, 1.82) is 0 Å². The van der Waals surface area contributed by atoms with Gasteiger partial charge in [-0.05, 0) is 5.53 Å². The molecule has 1 heterocycles. The predicted molar refractivity (Wildman–Crippen MR) is 187 cm³/mol. The Kier molecular flexibility index (Phi) is 35.4. The number of hydrogen-bond acceptors (Lipinski definition) is 16. The van der Waals surface area contributed by atoms with Crippen molar-refractivity contribution >= 4 is 17.7 Å². The molecule has 0 atom stereocenters. The monoisotopic (exact) mass is 765 g/mol. The molecule has 0 unspecified atom stereocenters. The number of ether oxygens (including phenoxy) is 12. The normalized spacial score (nSPS) is 12.6. The largest absolute Gasteiger partial charge is 0.379 e. The first-order chi connectivity index (χ1) is 26.1. The van der Waals surface area contributed by atoms with Gasteiger partial charge in [-0.3, -0.25) is 19.3 Å². The van der Waals surface area contributed by atoms with Crippen molar-refractivity contribution in [3.63, 3.8) is 0 Å². The number of rotatable bonds is 42. The number of nitrogens with zero attached hydrogens (tertiary/aromatic N) is 4. The van der Waals surface area contributed by atoms with Gasteiger partial charge in [-0.1, -0.05) is 5.11 Å². The third-order valence-corrected chi connectivity index (χ3v) is 6.52. The highest BCUT2D eigenvalue weighted by Crippen LogP contribution is 2.04. The Hall–Kier alpha value is -2.82. The highest BCUT2D eigenvalue weighted by molar-refractivity contribution is 6.13. The van der Waals surface area contributed by atoms with Gasteiger partial charge in [0.2, 0.25) is 5.91 Å². The van der Waals surface area contributed by atoms with Crippen LogP contribution in [0.4, 0.5) is 0 Å². The Bertz CT molecular complexity index is 957. The van der Waals surface area contributed by atoms with Crippen LogP contribution in [-0.2, 0) is 71.2 Å². The molecule has 20 heteroatoms. The molecule has 0 saturated heterocycles. The first-order valence-electron chi connectivity index (χ1n) is 17.9. The van der Waals surface area contributed by atoms with Crippen LogP contribution < -0.4 is 5.32 Å². The third kappa shape index (κ3) is 33.5. The summed E-state index contributed by atoms with van der Waals surface area (Å²) in [5, 5.41) is 6.05. The van der Waals surface area contributed by atoms with E-state index in [4.69, 9.17) is 62.4 Å². The molecule has 306 valence electrons. The van der Waals surface area contributed by atoms with Gasteiger partial charge in [-0.15, -0.1) is 0 Å². The van der Waals surface area contributed by atoms with Gasteiger partial charge in [-0.25, -0.2) is 0 Å². The minimum atomic E-state index is -0.400. The van der Waals surface area contributed by atoms with Crippen LogP contribution in [0.25, 0.3) is 10.4 Å². The Morgan fingerprint density at radius 1 is 0.509 bits per heavy atom. The van der Waals surface area contributed by atoms with E-state index in [-0.39, 0.29) is 18.9 Å². The summed E-state index contributed by atoms with van der Waals surface area (Å²) < 4.78 is 65.0. The van der Waals surface area contributed by atoms with E-state index in [9.17, 15) is 14.4 Å². The van der Waals surface area contributed by atoms with Gasteiger partial charge in [0.25, 0.3) is 11.8 Å². The van der Waals surface area contributed by atoms with E-state index in [1.54, 1.807) is 0 Å². The number of azide groups is 1. The molecule has 1 N–H and O–H groups in total. The lowest BCUT2D eigenvalue weighted by Gasteiger charge is -2.13. The summed E-state index contributed by atoms with van der Waals surface area (Å²) in [6.07, 6.45) is 2.43. The molecule has 1 aliphatic heterocycles. The smallest absolute Gasteiger partial charge is 0.253 e. The number of carbonyl (C=O) groups is 3. The van der Waals surface area contributed by atoms with Crippen LogP contribution in [-0.4, -0.2) is 201 Å². The molecular weight excluding hydrogens is 706 g/mol. The lowest BCUT2D eigenvalue weighted by atomic mass is 10.3. The molecule has 1 aliphatic rings. The first kappa shape index (κ1) is 48.2. The topological polar surface area (TPSA) is 226 Å². The lowest BCUT2D eigenvalue weighted by Crippen LogP contribution is -2.35. The Labute approximate surface area is 311 Å². The molecule has 0 aromatic heterocycles. The number of nitrogens with one attached hydrogen (secondary N) is 1. The fourth-order valence-corrected chi connectivity index (χ4v) is 3.89. The second-order valence-corrected chi connectivity index (χ2v) is 10.6. The second kappa shape index (κ2) is 38.9. The highest BCUT2D eigenvalue weighted by Gasteiger charge is 2.23. The molecule has 0 spiro atoms. The summed E-state index contributed by atoms with van der Waals surface area (Å²) in [6.45, 7) is 11.5. The van der Waals surface area contributed by atoms with Crippen LogP contribution in [0.2, 0.25) is 0 Å². The zero-order valence-corrected chi connectivity index (χ0v) is 30.9. The van der Waals surface area contributed by atoms with Crippen molar-refractivity contribution in [2.45, 2.75) is 6.42 Å². The number of imide groups is 1. The van der Waals surface area contributed by atoms with Crippen molar-refractivity contribution in [3.8, 4) is 0 Å². The molecule has 0 bridgehead atoms. The summed E-state index contributed by atoms with van der Waals surface area (Å²) in [5.74, 6) is -1.06. The summed E-state index contributed by atoms with van der Waals surface area (Å²) >= 11 is 0. The van der Waals surface area contributed by atoms with Gasteiger partial charge in [0, 0.05) is 43.1 Å². The van der Waals surface area contributed by atoms with Crippen molar-refractivity contribution in [2.75, 3.05) is 178 Å². The third-order valence-electron chi connectivity index (χ3n) is 6.52. The maximum Gasteiger partial charge on any atom is 0.253 e. The molecule has 0 aliphatic carbocycles. The Balaban J connectivity index is 1.64. The van der Waals surface area contributed by atoms with Gasteiger partial charge >= 0.3 is 0 Å². The van der Waals surface area contributed by atoms with E-state index in [0.29, 0.717) is 172 Å². The molecule has 0 fully saturated rings.